The highest BCUT2D eigenvalue weighted by atomic mass is 19.1. The van der Waals surface area contributed by atoms with Crippen LogP contribution in [0, 0.1) is 5.82 Å². The van der Waals surface area contributed by atoms with E-state index in [1.807, 2.05) is 0 Å². The molecule has 0 unspecified atom stereocenters. The second kappa shape index (κ2) is 5.49. The minimum atomic E-state index is -0.453. The number of hydrogen-bond donors (Lipinski definition) is 1. The van der Waals surface area contributed by atoms with Crippen LogP contribution in [0.25, 0.3) is 0 Å². The highest BCUT2D eigenvalue weighted by Gasteiger charge is 2.05. The lowest BCUT2D eigenvalue weighted by Crippen LogP contribution is -2.17. The summed E-state index contributed by atoms with van der Waals surface area (Å²) in [6.07, 6.45) is 1.08. The molecule has 0 spiro atoms. The van der Waals surface area contributed by atoms with Gasteiger partial charge in [0.25, 0.3) is 0 Å². The van der Waals surface area contributed by atoms with Crippen LogP contribution in [0.15, 0.2) is 12.3 Å². The molecule has 0 aliphatic heterocycles. The summed E-state index contributed by atoms with van der Waals surface area (Å²) < 4.78 is 29.5. The van der Waals surface area contributed by atoms with Crippen LogP contribution in [0.5, 0.6) is 5.88 Å². The van der Waals surface area contributed by atoms with E-state index in [1.54, 1.807) is 0 Å². The van der Waals surface area contributed by atoms with Crippen molar-refractivity contribution in [2.75, 3.05) is 20.3 Å². The van der Waals surface area contributed by atoms with E-state index in [1.165, 1.54) is 13.2 Å². The van der Waals surface area contributed by atoms with E-state index in [9.17, 15) is 8.78 Å². The van der Waals surface area contributed by atoms with Crippen molar-refractivity contribution in [3.63, 3.8) is 0 Å². The molecule has 1 aromatic rings. The van der Waals surface area contributed by atoms with Crippen molar-refractivity contribution in [1.82, 2.24) is 10.3 Å². The SMILES string of the molecule is COc1ncc(F)cc1CNCCF. The van der Waals surface area contributed by atoms with Crippen LogP contribution in [-0.4, -0.2) is 25.3 Å². The van der Waals surface area contributed by atoms with E-state index >= 15 is 0 Å². The number of pyridine rings is 1. The van der Waals surface area contributed by atoms with Crippen molar-refractivity contribution in [3.05, 3.63) is 23.6 Å². The first-order valence-electron chi connectivity index (χ1n) is 4.23. The maximum atomic E-state index is 12.8. The van der Waals surface area contributed by atoms with Crippen LogP contribution in [0.3, 0.4) is 0 Å². The van der Waals surface area contributed by atoms with Crippen molar-refractivity contribution >= 4 is 0 Å². The van der Waals surface area contributed by atoms with Crippen molar-refractivity contribution in [2.45, 2.75) is 6.54 Å². The predicted molar refractivity (Wildman–Crippen MR) is 48.4 cm³/mol. The molecule has 78 valence electrons. The summed E-state index contributed by atoms with van der Waals surface area (Å²) in [5, 5.41) is 2.79. The van der Waals surface area contributed by atoms with E-state index in [2.05, 4.69) is 10.3 Å². The summed E-state index contributed by atoms with van der Waals surface area (Å²) in [5.74, 6) is -0.0689. The number of rotatable bonds is 5. The maximum absolute atomic E-state index is 12.8. The van der Waals surface area contributed by atoms with Gasteiger partial charge in [-0.25, -0.2) is 13.8 Å². The zero-order valence-corrected chi connectivity index (χ0v) is 7.89. The molecule has 0 fully saturated rings. The number of methoxy groups -OCH3 is 1. The van der Waals surface area contributed by atoms with Gasteiger partial charge in [0.05, 0.1) is 13.3 Å². The van der Waals surface area contributed by atoms with Crippen molar-refractivity contribution in [3.8, 4) is 5.88 Å². The standard InChI is InChI=1S/C9H12F2N2O/c1-14-9-7(5-12-3-2-10)4-8(11)6-13-9/h4,6,12H,2-3,5H2,1H3. The number of nitrogens with zero attached hydrogens (tertiary/aromatic N) is 1. The molecule has 1 rings (SSSR count). The lowest BCUT2D eigenvalue weighted by molar-refractivity contribution is 0.386. The van der Waals surface area contributed by atoms with Crippen LogP contribution in [0.4, 0.5) is 8.78 Å². The number of hydrogen-bond acceptors (Lipinski definition) is 3. The smallest absolute Gasteiger partial charge is 0.217 e. The van der Waals surface area contributed by atoms with Gasteiger partial charge < -0.3 is 10.1 Å². The molecular weight excluding hydrogens is 190 g/mol. The minimum Gasteiger partial charge on any atom is -0.481 e. The van der Waals surface area contributed by atoms with Gasteiger partial charge in [-0.3, -0.25) is 0 Å². The fourth-order valence-electron chi connectivity index (χ4n) is 1.07. The molecule has 1 N–H and O–H groups in total. The summed E-state index contributed by atoms with van der Waals surface area (Å²) in [5.41, 5.74) is 0.584. The normalized spacial score (nSPS) is 10.2. The van der Waals surface area contributed by atoms with Crippen molar-refractivity contribution in [2.24, 2.45) is 0 Å². The molecule has 0 atom stereocenters. The maximum Gasteiger partial charge on any atom is 0.217 e. The van der Waals surface area contributed by atoms with E-state index in [0.29, 0.717) is 18.0 Å². The van der Waals surface area contributed by atoms with Crippen LogP contribution in [0.1, 0.15) is 5.56 Å². The van der Waals surface area contributed by atoms with Crippen molar-refractivity contribution in [1.29, 1.82) is 0 Å². The average Bonchev–Trinajstić information content (AvgIpc) is 2.19. The average molecular weight is 202 g/mol. The molecule has 0 aromatic carbocycles. The van der Waals surface area contributed by atoms with Crippen LogP contribution in [-0.2, 0) is 6.54 Å². The van der Waals surface area contributed by atoms with Gasteiger partial charge in [0.1, 0.15) is 12.5 Å². The summed E-state index contributed by atoms with van der Waals surface area (Å²) >= 11 is 0. The second-order valence-electron chi connectivity index (χ2n) is 2.69. The van der Waals surface area contributed by atoms with Crippen molar-refractivity contribution < 1.29 is 13.5 Å². The molecule has 0 radical (unpaired) electrons. The van der Waals surface area contributed by atoms with Crippen LogP contribution < -0.4 is 10.1 Å². The van der Waals surface area contributed by atoms with Gasteiger partial charge in [-0.1, -0.05) is 0 Å². The third kappa shape index (κ3) is 2.92. The summed E-state index contributed by atoms with van der Waals surface area (Å²) in [4.78, 5) is 3.74. The molecule has 5 heteroatoms. The van der Waals surface area contributed by atoms with Crippen LogP contribution >= 0.6 is 0 Å². The van der Waals surface area contributed by atoms with Gasteiger partial charge in [-0.15, -0.1) is 0 Å². The highest BCUT2D eigenvalue weighted by molar-refractivity contribution is 5.25. The molecule has 3 nitrogen and oxygen atoms in total. The van der Waals surface area contributed by atoms with Gasteiger partial charge in [0.2, 0.25) is 5.88 Å². The molecule has 1 aromatic heterocycles. The van der Waals surface area contributed by atoms with Gasteiger partial charge in [-0.05, 0) is 6.07 Å². The Morgan fingerprint density at radius 1 is 1.57 bits per heavy atom. The number of alkyl halides is 1. The number of nitrogens with one attached hydrogen (secondary N) is 1. The Kier molecular flexibility index (Phi) is 4.25. The zero-order valence-electron chi connectivity index (χ0n) is 7.89. The number of aromatic nitrogens is 1. The van der Waals surface area contributed by atoms with Gasteiger partial charge >= 0.3 is 0 Å². The van der Waals surface area contributed by atoms with E-state index in [-0.39, 0.29) is 6.54 Å². The molecule has 0 amide bonds. The molecule has 0 saturated heterocycles. The van der Waals surface area contributed by atoms with Gasteiger partial charge in [0, 0.05) is 18.7 Å². The Morgan fingerprint density at radius 2 is 2.36 bits per heavy atom. The molecule has 0 bridgehead atoms. The molecule has 1 heterocycles. The summed E-state index contributed by atoms with van der Waals surface area (Å²) in [6.45, 7) is 0.128. The first-order valence-corrected chi connectivity index (χ1v) is 4.23. The Morgan fingerprint density at radius 3 is 3.00 bits per heavy atom. The van der Waals surface area contributed by atoms with Gasteiger partial charge in [0.15, 0.2) is 0 Å². The monoisotopic (exact) mass is 202 g/mol. The second-order valence-corrected chi connectivity index (χ2v) is 2.69. The fraction of sp³-hybridized carbons (Fsp3) is 0.444. The van der Waals surface area contributed by atoms with Crippen LogP contribution in [0.2, 0.25) is 0 Å². The Balaban J connectivity index is 2.67. The first kappa shape index (κ1) is 10.8. The molecule has 0 saturated carbocycles. The Bertz CT molecular complexity index is 294. The Labute approximate surface area is 81.1 Å². The molecular formula is C9H12F2N2O. The Hall–Kier alpha value is -1.23. The summed E-state index contributed by atoms with van der Waals surface area (Å²) in [7, 11) is 1.46. The first-order chi connectivity index (χ1) is 6.77. The number of ether oxygens (including phenoxy) is 1. The van der Waals surface area contributed by atoms with E-state index in [4.69, 9.17) is 4.74 Å². The quantitative estimate of drug-likeness (QED) is 0.730. The molecule has 14 heavy (non-hydrogen) atoms. The predicted octanol–water partition coefficient (Wildman–Crippen LogP) is 1.29. The fourth-order valence-corrected chi connectivity index (χ4v) is 1.07. The summed E-state index contributed by atoms with van der Waals surface area (Å²) in [6, 6.07) is 1.32. The molecule has 0 aliphatic carbocycles. The lowest BCUT2D eigenvalue weighted by atomic mass is 10.2. The third-order valence-corrected chi connectivity index (χ3v) is 1.67. The van der Waals surface area contributed by atoms with E-state index in [0.717, 1.165) is 6.20 Å². The topological polar surface area (TPSA) is 34.1 Å². The zero-order chi connectivity index (χ0) is 10.4. The lowest BCUT2D eigenvalue weighted by Gasteiger charge is -2.07. The highest BCUT2D eigenvalue weighted by Crippen LogP contribution is 2.14. The van der Waals surface area contributed by atoms with E-state index < -0.39 is 12.5 Å². The largest absolute Gasteiger partial charge is 0.481 e. The third-order valence-electron chi connectivity index (χ3n) is 1.67. The number of halogens is 2. The van der Waals surface area contributed by atoms with Gasteiger partial charge in [-0.2, -0.15) is 0 Å². The minimum absolute atomic E-state index is 0.236. The molecule has 0 aliphatic rings.